The molecule has 1 saturated heterocycles. The molecule has 142 valence electrons. The second-order valence-electron chi connectivity index (χ2n) is 7.46. The van der Waals surface area contributed by atoms with Crippen LogP contribution in [0.3, 0.4) is 0 Å². The fourth-order valence-electron chi connectivity index (χ4n) is 3.09. The number of rotatable bonds is 3. The maximum absolute atomic E-state index is 12.5. The van der Waals surface area contributed by atoms with Gasteiger partial charge in [-0.3, -0.25) is 9.59 Å². The molecule has 1 aliphatic rings. The van der Waals surface area contributed by atoms with Gasteiger partial charge in [-0.2, -0.15) is 0 Å². The van der Waals surface area contributed by atoms with Gasteiger partial charge in [0.15, 0.2) is 0 Å². The Labute approximate surface area is 159 Å². The summed E-state index contributed by atoms with van der Waals surface area (Å²) in [6.07, 6.45) is 0. The summed E-state index contributed by atoms with van der Waals surface area (Å²) < 4.78 is 25.5. The van der Waals surface area contributed by atoms with E-state index in [4.69, 9.17) is 0 Å². The topological polar surface area (TPSA) is 83.6 Å². The monoisotopic (exact) mass is 386 g/mol. The molecule has 0 radical (unpaired) electrons. The van der Waals surface area contributed by atoms with Crippen LogP contribution in [0.15, 0.2) is 42.5 Å². The fourth-order valence-corrected chi connectivity index (χ4v) is 5.20. The van der Waals surface area contributed by atoms with Gasteiger partial charge in [0, 0.05) is 11.3 Å². The molecule has 1 aliphatic heterocycles. The molecule has 1 N–H and O–H groups in total. The highest BCUT2D eigenvalue weighted by atomic mass is 32.2. The van der Waals surface area contributed by atoms with E-state index >= 15 is 0 Å². The smallest absolute Gasteiger partial charge is 0.255 e. The summed E-state index contributed by atoms with van der Waals surface area (Å²) in [6, 6.07) is 11.7. The van der Waals surface area contributed by atoms with E-state index in [1.165, 1.54) is 24.3 Å². The van der Waals surface area contributed by atoms with Crippen molar-refractivity contribution in [3.63, 3.8) is 0 Å². The third-order valence-corrected chi connectivity index (χ3v) is 6.82. The van der Waals surface area contributed by atoms with E-state index in [9.17, 15) is 18.0 Å². The maximum atomic E-state index is 12.5. The van der Waals surface area contributed by atoms with Crippen LogP contribution in [0.25, 0.3) is 0 Å². The van der Waals surface area contributed by atoms with Gasteiger partial charge in [-0.05, 0) is 69.2 Å². The van der Waals surface area contributed by atoms with Crippen molar-refractivity contribution >= 4 is 33.2 Å². The lowest BCUT2D eigenvalue weighted by molar-refractivity contribution is -0.123. The summed E-state index contributed by atoms with van der Waals surface area (Å²) in [6.45, 7) is 7.12. The van der Waals surface area contributed by atoms with Crippen molar-refractivity contribution in [2.75, 3.05) is 15.4 Å². The van der Waals surface area contributed by atoms with Gasteiger partial charge in [0.05, 0.1) is 16.9 Å². The number of nitrogens with zero attached hydrogens (tertiary/aromatic N) is 1. The fraction of sp³-hybridized carbons (Fsp3) is 0.300. The van der Waals surface area contributed by atoms with Crippen LogP contribution in [0.5, 0.6) is 0 Å². The summed E-state index contributed by atoms with van der Waals surface area (Å²) >= 11 is 0. The van der Waals surface area contributed by atoms with Crippen LogP contribution < -0.4 is 9.62 Å². The maximum Gasteiger partial charge on any atom is 0.255 e. The number of sulfonamides is 1. The second kappa shape index (κ2) is 6.49. The zero-order chi connectivity index (χ0) is 20.0. The predicted octanol–water partition coefficient (Wildman–Crippen LogP) is 3.26. The summed E-state index contributed by atoms with van der Waals surface area (Å²) in [5.74, 6) is -0.991. The molecule has 2 amide bonds. The van der Waals surface area contributed by atoms with Crippen LogP contribution >= 0.6 is 0 Å². The molecule has 0 spiro atoms. The van der Waals surface area contributed by atoms with E-state index < -0.39 is 21.3 Å². The van der Waals surface area contributed by atoms with Crippen molar-refractivity contribution < 1.29 is 18.0 Å². The summed E-state index contributed by atoms with van der Waals surface area (Å²) in [5, 5.41) is 2.86. The molecule has 3 rings (SSSR count). The largest absolute Gasteiger partial charge is 0.322 e. The lowest BCUT2D eigenvalue weighted by Gasteiger charge is -2.17. The average molecular weight is 386 g/mol. The van der Waals surface area contributed by atoms with E-state index in [0.29, 0.717) is 5.56 Å². The van der Waals surface area contributed by atoms with Gasteiger partial charge in [0.25, 0.3) is 5.91 Å². The van der Waals surface area contributed by atoms with Gasteiger partial charge in [0.1, 0.15) is 0 Å². The third-order valence-electron chi connectivity index (χ3n) is 4.80. The first-order valence-electron chi connectivity index (χ1n) is 8.58. The van der Waals surface area contributed by atoms with E-state index in [0.717, 1.165) is 21.1 Å². The van der Waals surface area contributed by atoms with Crippen molar-refractivity contribution in [3.05, 3.63) is 59.2 Å². The molecule has 1 heterocycles. The van der Waals surface area contributed by atoms with Crippen LogP contribution in [-0.4, -0.2) is 26.0 Å². The number of benzene rings is 2. The molecular weight excluding hydrogens is 364 g/mol. The quantitative estimate of drug-likeness (QED) is 0.878. The van der Waals surface area contributed by atoms with Gasteiger partial charge in [-0.1, -0.05) is 12.1 Å². The zero-order valence-corrected chi connectivity index (χ0v) is 16.6. The van der Waals surface area contributed by atoms with Crippen molar-refractivity contribution in [1.29, 1.82) is 0 Å². The lowest BCUT2D eigenvalue weighted by Crippen LogP contribution is -2.32. The Morgan fingerprint density at radius 1 is 1.07 bits per heavy atom. The number of carbonyl (C=O) groups is 2. The van der Waals surface area contributed by atoms with E-state index in [1.54, 1.807) is 13.8 Å². The summed E-state index contributed by atoms with van der Waals surface area (Å²) in [5.41, 5.74) is 2.44. The Morgan fingerprint density at radius 3 is 2.26 bits per heavy atom. The van der Waals surface area contributed by atoms with Crippen LogP contribution in [0, 0.1) is 19.3 Å². The van der Waals surface area contributed by atoms with Crippen molar-refractivity contribution in [3.8, 4) is 0 Å². The molecule has 0 saturated carbocycles. The first kappa shape index (κ1) is 19.1. The van der Waals surface area contributed by atoms with Crippen molar-refractivity contribution in [1.82, 2.24) is 0 Å². The molecule has 7 heteroatoms. The van der Waals surface area contributed by atoms with E-state index in [-0.39, 0.29) is 17.3 Å². The molecule has 0 unspecified atom stereocenters. The molecule has 0 aromatic heterocycles. The first-order chi connectivity index (χ1) is 12.5. The van der Waals surface area contributed by atoms with Crippen LogP contribution in [0.2, 0.25) is 0 Å². The molecule has 6 nitrogen and oxygen atoms in total. The molecule has 1 fully saturated rings. The first-order valence-corrected chi connectivity index (χ1v) is 10.2. The SMILES string of the molecule is Cc1cccc(NC(=O)c2ccc(N3C(=O)C(C)(C)CS3(=O)=O)cc2)c1C. The minimum atomic E-state index is -3.71. The van der Waals surface area contributed by atoms with Crippen molar-refractivity contribution in [2.45, 2.75) is 27.7 Å². The number of anilines is 2. The Kier molecular flexibility index (Phi) is 4.59. The standard InChI is InChI=1S/C20H22N2O4S/c1-13-6-5-7-17(14(13)2)21-18(23)15-8-10-16(11-9-15)22-19(24)20(3,4)12-27(22,25)26/h5-11H,12H2,1-4H3,(H,21,23). The minimum Gasteiger partial charge on any atom is -0.322 e. The normalized spacial score (nSPS) is 17.8. The molecule has 0 bridgehead atoms. The Bertz CT molecular complexity index is 1020. The molecule has 0 aliphatic carbocycles. The van der Waals surface area contributed by atoms with Gasteiger partial charge in [-0.15, -0.1) is 0 Å². The predicted molar refractivity (Wildman–Crippen MR) is 105 cm³/mol. The van der Waals surface area contributed by atoms with E-state index in [1.807, 2.05) is 32.0 Å². The van der Waals surface area contributed by atoms with Crippen LogP contribution in [0.1, 0.15) is 35.3 Å². The molecule has 27 heavy (non-hydrogen) atoms. The second-order valence-corrected chi connectivity index (χ2v) is 9.28. The number of hydrogen-bond acceptors (Lipinski definition) is 4. The van der Waals surface area contributed by atoms with Gasteiger partial charge < -0.3 is 5.32 Å². The molecular formula is C20H22N2O4S. The highest BCUT2D eigenvalue weighted by molar-refractivity contribution is 7.94. The Morgan fingerprint density at radius 2 is 1.70 bits per heavy atom. The van der Waals surface area contributed by atoms with Crippen LogP contribution in [0.4, 0.5) is 11.4 Å². The highest BCUT2D eigenvalue weighted by Crippen LogP contribution is 2.35. The highest BCUT2D eigenvalue weighted by Gasteiger charge is 2.49. The third kappa shape index (κ3) is 3.47. The van der Waals surface area contributed by atoms with Crippen LogP contribution in [-0.2, 0) is 14.8 Å². The number of amides is 2. The number of carbonyl (C=O) groups excluding carboxylic acids is 2. The number of nitrogens with one attached hydrogen (secondary N) is 1. The molecule has 2 aromatic carbocycles. The van der Waals surface area contributed by atoms with Gasteiger partial charge in [0.2, 0.25) is 15.9 Å². The van der Waals surface area contributed by atoms with Gasteiger partial charge >= 0.3 is 0 Å². The van der Waals surface area contributed by atoms with Gasteiger partial charge in [-0.25, -0.2) is 12.7 Å². The summed E-state index contributed by atoms with van der Waals surface area (Å²) in [4.78, 5) is 24.9. The summed E-state index contributed by atoms with van der Waals surface area (Å²) in [7, 11) is -3.71. The van der Waals surface area contributed by atoms with E-state index in [2.05, 4.69) is 5.32 Å². The average Bonchev–Trinajstić information content (AvgIpc) is 2.75. The molecule has 0 atom stereocenters. The molecule has 2 aromatic rings. The minimum absolute atomic E-state index is 0.228. The Balaban J connectivity index is 1.84. The lowest BCUT2D eigenvalue weighted by atomic mass is 9.95. The zero-order valence-electron chi connectivity index (χ0n) is 15.7. The van der Waals surface area contributed by atoms with Crippen molar-refractivity contribution in [2.24, 2.45) is 5.41 Å². The number of aryl methyl sites for hydroxylation is 1. The Hall–Kier alpha value is -2.67. The number of hydrogen-bond donors (Lipinski definition) is 1.